The number of nitrogens with two attached hydrogens (primary N) is 1. The molecule has 1 aliphatic rings. The molecule has 0 bridgehead atoms. The molecule has 3 heteroatoms. The van der Waals surface area contributed by atoms with Gasteiger partial charge in [0.25, 0.3) is 0 Å². The summed E-state index contributed by atoms with van der Waals surface area (Å²) in [5.41, 5.74) is 7.73. The van der Waals surface area contributed by atoms with E-state index < -0.39 is 0 Å². The predicted octanol–water partition coefficient (Wildman–Crippen LogP) is 2.53. The van der Waals surface area contributed by atoms with Crippen LogP contribution in [0, 0.1) is 6.92 Å². The van der Waals surface area contributed by atoms with Crippen molar-refractivity contribution in [2.75, 3.05) is 18.9 Å². The largest absolute Gasteiger partial charge is 0.491 e. The van der Waals surface area contributed by atoms with Crippen molar-refractivity contribution >= 4 is 5.69 Å². The summed E-state index contributed by atoms with van der Waals surface area (Å²) in [5, 5.41) is 0. The topological polar surface area (TPSA) is 44.5 Å². The summed E-state index contributed by atoms with van der Waals surface area (Å²) in [6.45, 7) is 3.57. The Morgan fingerprint density at radius 1 is 1.50 bits per heavy atom. The second-order valence-corrected chi connectivity index (χ2v) is 4.26. The Hall–Kier alpha value is -1.22. The first-order chi connectivity index (χ1) is 7.77. The van der Waals surface area contributed by atoms with E-state index in [1.54, 1.807) is 0 Å². The fraction of sp³-hybridized carbons (Fsp3) is 0.538. The van der Waals surface area contributed by atoms with Crippen molar-refractivity contribution in [2.24, 2.45) is 0 Å². The number of ether oxygens (including phenoxy) is 2. The lowest BCUT2D eigenvalue weighted by Gasteiger charge is -2.12. The van der Waals surface area contributed by atoms with E-state index >= 15 is 0 Å². The lowest BCUT2D eigenvalue weighted by atomic mass is 10.2. The highest BCUT2D eigenvalue weighted by Gasteiger charge is 2.15. The molecule has 1 aromatic carbocycles. The number of anilines is 1. The van der Waals surface area contributed by atoms with E-state index in [4.69, 9.17) is 15.2 Å². The zero-order chi connectivity index (χ0) is 11.4. The van der Waals surface area contributed by atoms with E-state index in [-0.39, 0.29) is 0 Å². The van der Waals surface area contributed by atoms with Crippen molar-refractivity contribution in [1.82, 2.24) is 0 Å². The van der Waals surface area contributed by atoms with Crippen LogP contribution >= 0.6 is 0 Å². The van der Waals surface area contributed by atoms with Gasteiger partial charge in [-0.3, -0.25) is 0 Å². The van der Waals surface area contributed by atoms with Crippen LogP contribution in [0.25, 0.3) is 0 Å². The van der Waals surface area contributed by atoms with Gasteiger partial charge in [0.1, 0.15) is 5.75 Å². The van der Waals surface area contributed by atoms with Gasteiger partial charge in [-0.25, -0.2) is 0 Å². The molecule has 0 aliphatic carbocycles. The van der Waals surface area contributed by atoms with Gasteiger partial charge in [0.05, 0.1) is 18.4 Å². The Morgan fingerprint density at radius 3 is 3.12 bits per heavy atom. The van der Waals surface area contributed by atoms with E-state index in [1.165, 1.54) is 6.42 Å². The Labute approximate surface area is 96.5 Å². The van der Waals surface area contributed by atoms with Gasteiger partial charge in [-0.05, 0) is 31.4 Å². The average Bonchev–Trinajstić information content (AvgIpc) is 2.77. The van der Waals surface area contributed by atoms with Crippen LogP contribution in [0.1, 0.15) is 24.8 Å². The highest BCUT2D eigenvalue weighted by molar-refractivity contribution is 5.57. The standard InChI is InChI=1S/C13H19NO2/c1-10-4-2-6-12(13(10)14)16-9-7-11-5-3-8-15-11/h2,4,6,11H,3,5,7-9,14H2,1H3. The Morgan fingerprint density at radius 2 is 2.38 bits per heavy atom. The quantitative estimate of drug-likeness (QED) is 0.794. The maximum Gasteiger partial charge on any atom is 0.142 e. The average molecular weight is 221 g/mol. The fourth-order valence-corrected chi connectivity index (χ4v) is 1.95. The molecule has 0 amide bonds. The molecule has 1 heterocycles. The van der Waals surface area contributed by atoms with Gasteiger partial charge in [0.15, 0.2) is 0 Å². The lowest BCUT2D eigenvalue weighted by Crippen LogP contribution is -2.11. The summed E-state index contributed by atoms with van der Waals surface area (Å²) in [5.74, 6) is 0.790. The van der Waals surface area contributed by atoms with Crippen LogP contribution in [0.4, 0.5) is 5.69 Å². The minimum atomic E-state index is 0.381. The lowest BCUT2D eigenvalue weighted by molar-refractivity contribution is 0.0904. The summed E-state index contributed by atoms with van der Waals surface area (Å²) in [7, 11) is 0. The number of hydrogen-bond acceptors (Lipinski definition) is 3. The first kappa shape index (κ1) is 11.3. The molecule has 0 spiro atoms. The second-order valence-electron chi connectivity index (χ2n) is 4.26. The predicted molar refractivity (Wildman–Crippen MR) is 64.7 cm³/mol. The Bertz CT molecular complexity index is 346. The summed E-state index contributed by atoms with van der Waals surface area (Å²) >= 11 is 0. The molecule has 2 N–H and O–H groups in total. The highest BCUT2D eigenvalue weighted by atomic mass is 16.5. The smallest absolute Gasteiger partial charge is 0.142 e. The number of nitrogen functional groups attached to an aromatic ring is 1. The van der Waals surface area contributed by atoms with Crippen LogP contribution in [0.2, 0.25) is 0 Å². The van der Waals surface area contributed by atoms with Crippen LogP contribution in [0.3, 0.4) is 0 Å². The zero-order valence-electron chi connectivity index (χ0n) is 9.74. The van der Waals surface area contributed by atoms with Gasteiger partial charge in [-0.2, -0.15) is 0 Å². The molecule has 1 atom stereocenters. The van der Waals surface area contributed by atoms with Crippen molar-refractivity contribution in [3.05, 3.63) is 23.8 Å². The molecule has 1 aromatic rings. The molecule has 1 unspecified atom stereocenters. The molecule has 0 radical (unpaired) electrons. The zero-order valence-corrected chi connectivity index (χ0v) is 9.74. The SMILES string of the molecule is Cc1cccc(OCCC2CCCO2)c1N. The maximum atomic E-state index is 5.92. The third-order valence-electron chi connectivity index (χ3n) is 3.01. The molecule has 2 rings (SSSR count). The van der Waals surface area contributed by atoms with Crippen LogP contribution in [0.5, 0.6) is 5.75 Å². The van der Waals surface area contributed by atoms with E-state index in [1.807, 2.05) is 25.1 Å². The third kappa shape index (κ3) is 2.67. The first-order valence-electron chi connectivity index (χ1n) is 5.87. The normalized spacial score (nSPS) is 19.9. The number of para-hydroxylation sites is 1. The molecular weight excluding hydrogens is 202 g/mol. The van der Waals surface area contributed by atoms with Crippen molar-refractivity contribution in [1.29, 1.82) is 0 Å². The summed E-state index contributed by atoms with van der Waals surface area (Å²) < 4.78 is 11.2. The highest BCUT2D eigenvalue weighted by Crippen LogP contribution is 2.25. The second kappa shape index (κ2) is 5.21. The molecule has 1 aliphatic heterocycles. The Kier molecular flexibility index (Phi) is 3.67. The summed E-state index contributed by atoms with van der Waals surface area (Å²) in [4.78, 5) is 0. The van der Waals surface area contributed by atoms with Crippen LogP contribution in [0.15, 0.2) is 18.2 Å². The molecule has 3 nitrogen and oxygen atoms in total. The van der Waals surface area contributed by atoms with Gasteiger partial charge in [0, 0.05) is 13.0 Å². The minimum Gasteiger partial charge on any atom is -0.491 e. The summed E-state index contributed by atoms with van der Waals surface area (Å²) in [6, 6.07) is 5.87. The third-order valence-corrected chi connectivity index (χ3v) is 3.01. The van der Waals surface area contributed by atoms with Gasteiger partial charge in [0.2, 0.25) is 0 Å². The Balaban J connectivity index is 1.82. The minimum absolute atomic E-state index is 0.381. The maximum absolute atomic E-state index is 5.92. The van der Waals surface area contributed by atoms with Gasteiger partial charge >= 0.3 is 0 Å². The van der Waals surface area contributed by atoms with E-state index in [2.05, 4.69) is 0 Å². The molecule has 1 saturated heterocycles. The van der Waals surface area contributed by atoms with E-state index in [0.717, 1.165) is 36.4 Å². The molecular formula is C13H19NO2. The van der Waals surface area contributed by atoms with Gasteiger partial charge < -0.3 is 15.2 Å². The molecule has 88 valence electrons. The number of aryl methyl sites for hydroxylation is 1. The molecule has 0 aromatic heterocycles. The van der Waals surface area contributed by atoms with E-state index in [9.17, 15) is 0 Å². The monoisotopic (exact) mass is 221 g/mol. The fourth-order valence-electron chi connectivity index (χ4n) is 1.95. The van der Waals surface area contributed by atoms with Crippen molar-refractivity contribution in [3.8, 4) is 5.75 Å². The van der Waals surface area contributed by atoms with Crippen molar-refractivity contribution in [3.63, 3.8) is 0 Å². The number of rotatable bonds is 4. The number of benzene rings is 1. The summed E-state index contributed by atoms with van der Waals surface area (Å²) in [6.07, 6.45) is 3.67. The van der Waals surface area contributed by atoms with Crippen molar-refractivity contribution < 1.29 is 9.47 Å². The number of hydrogen-bond donors (Lipinski definition) is 1. The van der Waals surface area contributed by atoms with Gasteiger partial charge in [-0.1, -0.05) is 12.1 Å². The van der Waals surface area contributed by atoms with Crippen molar-refractivity contribution in [2.45, 2.75) is 32.3 Å². The first-order valence-corrected chi connectivity index (χ1v) is 5.87. The molecule has 1 fully saturated rings. The van der Waals surface area contributed by atoms with Crippen LogP contribution in [-0.4, -0.2) is 19.3 Å². The van der Waals surface area contributed by atoms with E-state index in [0.29, 0.717) is 12.7 Å². The van der Waals surface area contributed by atoms with Gasteiger partial charge in [-0.15, -0.1) is 0 Å². The van der Waals surface area contributed by atoms with Crippen LogP contribution in [-0.2, 0) is 4.74 Å². The van der Waals surface area contributed by atoms with Crippen LogP contribution < -0.4 is 10.5 Å². The molecule has 0 saturated carbocycles. The molecule has 16 heavy (non-hydrogen) atoms.